The zero-order chi connectivity index (χ0) is 68.0. The van der Waals surface area contributed by atoms with E-state index in [1.165, 1.54) is 180 Å². The molecule has 0 radical (unpaired) electrons. The van der Waals surface area contributed by atoms with Crippen LogP contribution < -0.4 is 0 Å². The monoisotopic (exact) mass is 1350 g/mol. The van der Waals surface area contributed by atoms with Gasteiger partial charge in [0.2, 0.25) is 0 Å². The predicted octanol–water partition coefficient (Wildman–Crippen LogP) is 21.0. The van der Waals surface area contributed by atoms with Crippen LogP contribution in [0.1, 0.15) is 370 Å². The van der Waals surface area contributed by atoms with Crippen LogP contribution in [0.2, 0.25) is 0 Å². The molecule has 546 valence electrons. The molecule has 0 aliphatic carbocycles. The molecule has 0 rings (SSSR count). The molecular formula is C73H142O17P2. The number of carbonyl (C=O) groups excluding carboxylic acids is 4. The molecule has 0 bridgehead atoms. The van der Waals surface area contributed by atoms with Gasteiger partial charge >= 0.3 is 39.5 Å². The van der Waals surface area contributed by atoms with Crippen LogP contribution in [-0.4, -0.2) is 96.7 Å². The van der Waals surface area contributed by atoms with E-state index in [2.05, 4.69) is 48.5 Å². The van der Waals surface area contributed by atoms with E-state index in [1.807, 2.05) is 0 Å². The van der Waals surface area contributed by atoms with Crippen molar-refractivity contribution >= 4 is 39.5 Å². The van der Waals surface area contributed by atoms with Crippen LogP contribution in [0.25, 0.3) is 0 Å². The van der Waals surface area contributed by atoms with E-state index in [0.29, 0.717) is 25.7 Å². The van der Waals surface area contributed by atoms with Crippen LogP contribution in [0.15, 0.2) is 0 Å². The molecule has 0 saturated heterocycles. The smallest absolute Gasteiger partial charge is 0.462 e. The Morgan fingerprint density at radius 1 is 0.315 bits per heavy atom. The van der Waals surface area contributed by atoms with Crippen LogP contribution in [0.4, 0.5) is 0 Å². The van der Waals surface area contributed by atoms with Crippen LogP contribution in [0.3, 0.4) is 0 Å². The zero-order valence-corrected chi connectivity index (χ0v) is 61.8. The number of ether oxygens (including phenoxy) is 4. The first-order chi connectivity index (χ1) is 44.3. The minimum atomic E-state index is -4.95. The Bertz CT molecular complexity index is 1810. The van der Waals surface area contributed by atoms with Crippen molar-refractivity contribution in [3.05, 3.63) is 0 Å². The van der Waals surface area contributed by atoms with Gasteiger partial charge in [0.15, 0.2) is 12.2 Å². The highest BCUT2D eigenvalue weighted by atomic mass is 31.2. The molecule has 0 aromatic heterocycles. The number of unbranched alkanes of at least 4 members (excludes halogenated alkanes) is 37. The standard InChI is InChI=1S/C73H142O17P2/c1-8-11-12-13-14-15-16-17-18-19-25-33-40-47-54-70(75)83-60-68(89-72(77)56-49-42-35-26-21-20-24-31-38-45-52-65(6)9-2)62-87-91(79,80)85-58-67(74)59-86-92(81,82)88-63-69(90-73(78)57-50-43-36-27-22-23-30-37-44-51-64(4)5)61-84-71(76)55-48-41-34-29-28-32-39-46-53-66(7)10-3/h64-69,74H,8-63H2,1-7H3,(H,79,80)(H,81,82)/t65?,66?,67-,68-,69-/m1/s1. The van der Waals surface area contributed by atoms with Crippen molar-refractivity contribution in [1.82, 2.24) is 0 Å². The maximum atomic E-state index is 13.1. The van der Waals surface area contributed by atoms with Crippen LogP contribution in [0, 0.1) is 17.8 Å². The second kappa shape index (κ2) is 63.8. The fraction of sp³-hybridized carbons (Fsp3) is 0.945. The molecule has 0 saturated carbocycles. The lowest BCUT2D eigenvalue weighted by Gasteiger charge is -2.21. The summed E-state index contributed by atoms with van der Waals surface area (Å²) in [5.41, 5.74) is 0. The van der Waals surface area contributed by atoms with Crippen LogP contribution in [0.5, 0.6) is 0 Å². The molecule has 4 unspecified atom stereocenters. The summed E-state index contributed by atoms with van der Waals surface area (Å²) in [7, 11) is -9.91. The van der Waals surface area contributed by atoms with Gasteiger partial charge in [-0.15, -0.1) is 0 Å². The van der Waals surface area contributed by atoms with Gasteiger partial charge in [0.05, 0.1) is 26.4 Å². The lowest BCUT2D eigenvalue weighted by atomic mass is 9.99. The third kappa shape index (κ3) is 64.1. The van der Waals surface area contributed by atoms with Gasteiger partial charge in [0.1, 0.15) is 19.3 Å². The Morgan fingerprint density at radius 3 is 0.826 bits per heavy atom. The van der Waals surface area contributed by atoms with E-state index in [1.54, 1.807) is 0 Å². The quantitative estimate of drug-likeness (QED) is 0.0222. The number of carbonyl (C=O) groups is 4. The minimum Gasteiger partial charge on any atom is -0.462 e. The minimum absolute atomic E-state index is 0.105. The molecule has 0 aromatic rings. The lowest BCUT2D eigenvalue weighted by molar-refractivity contribution is -0.161. The molecule has 92 heavy (non-hydrogen) atoms. The largest absolute Gasteiger partial charge is 0.472 e. The third-order valence-corrected chi connectivity index (χ3v) is 19.5. The maximum absolute atomic E-state index is 13.1. The van der Waals surface area contributed by atoms with Gasteiger partial charge in [-0.3, -0.25) is 37.3 Å². The van der Waals surface area contributed by atoms with E-state index >= 15 is 0 Å². The predicted molar refractivity (Wildman–Crippen MR) is 372 cm³/mol. The Hall–Kier alpha value is -1.94. The van der Waals surface area contributed by atoms with E-state index in [4.69, 9.17) is 37.0 Å². The average Bonchev–Trinajstić information content (AvgIpc) is 2.63. The normalized spacial score (nSPS) is 14.7. The van der Waals surface area contributed by atoms with Crippen LogP contribution in [-0.2, 0) is 65.4 Å². The summed E-state index contributed by atoms with van der Waals surface area (Å²) in [6, 6.07) is 0. The summed E-state index contributed by atoms with van der Waals surface area (Å²) in [4.78, 5) is 72.7. The topological polar surface area (TPSA) is 237 Å². The second-order valence-electron chi connectivity index (χ2n) is 27.3. The number of esters is 4. The summed E-state index contributed by atoms with van der Waals surface area (Å²) >= 11 is 0. The zero-order valence-electron chi connectivity index (χ0n) is 60.0. The molecule has 0 heterocycles. The van der Waals surface area contributed by atoms with Gasteiger partial charge in [0, 0.05) is 25.7 Å². The highest BCUT2D eigenvalue weighted by Gasteiger charge is 2.30. The number of phosphoric acid groups is 2. The molecule has 17 nitrogen and oxygen atoms in total. The molecule has 0 aliphatic heterocycles. The summed E-state index contributed by atoms with van der Waals surface area (Å²) in [5.74, 6) is 0.195. The Morgan fingerprint density at radius 2 is 0.554 bits per heavy atom. The number of phosphoric ester groups is 2. The molecule has 0 spiro atoms. The van der Waals surface area contributed by atoms with Crippen molar-refractivity contribution in [3.8, 4) is 0 Å². The van der Waals surface area contributed by atoms with Gasteiger partial charge in [-0.2, -0.15) is 0 Å². The number of rotatable bonds is 71. The summed E-state index contributed by atoms with van der Waals surface area (Å²) in [6.07, 6.45) is 48.4. The van der Waals surface area contributed by atoms with Gasteiger partial charge < -0.3 is 33.8 Å². The Balaban J connectivity index is 5.28. The molecule has 0 aromatic carbocycles. The highest BCUT2D eigenvalue weighted by molar-refractivity contribution is 7.47. The summed E-state index contributed by atoms with van der Waals surface area (Å²) < 4.78 is 68.4. The van der Waals surface area contributed by atoms with Crippen LogP contribution >= 0.6 is 15.6 Å². The fourth-order valence-electron chi connectivity index (χ4n) is 11.0. The Kier molecular flexibility index (Phi) is 62.4. The van der Waals surface area contributed by atoms with Gasteiger partial charge in [-0.25, -0.2) is 9.13 Å². The van der Waals surface area contributed by atoms with Crippen molar-refractivity contribution in [2.45, 2.75) is 388 Å². The van der Waals surface area contributed by atoms with Gasteiger partial charge in [0.25, 0.3) is 0 Å². The fourth-order valence-corrected chi connectivity index (χ4v) is 12.6. The van der Waals surface area contributed by atoms with Gasteiger partial charge in [-0.05, 0) is 43.4 Å². The number of hydrogen-bond donors (Lipinski definition) is 3. The molecule has 0 amide bonds. The SMILES string of the molecule is CCCCCCCCCCCCCCCCC(=O)OC[C@H](COP(=O)(O)OC[C@@H](O)COP(=O)(O)OC[C@@H](COC(=O)CCCCCCCCCCC(C)CC)OC(=O)CCCCCCCCCCCC(C)C)OC(=O)CCCCCCCCCCCCC(C)CC. The van der Waals surface area contributed by atoms with E-state index in [-0.39, 0.29) is 25.7 Å². The first-order valence-electron chi connectivity index (χ1n) is 37.9. The molecule has 19 heteroatoms. The number of aliphatic hydroxyl groups is 1. The number of hydrogen-bond acceptors (Lipinski definition) is 15. The van der Waals surface area contributed by atoms with E-state index in [0.717, 1.165) is 108 Å². The number of aliphatic hydroxyl groups excluding tert-OH is 1. The van der Waals surface area contributed by atoms with Gasteiger partial charge in [-0.1, -0.05) is 318 Å². The Labute approximate surface area is 562 Å². The summed E-state index contributed by atoms with van der Waals surface area (Å²) in [5, 5.41) is 10.6. The summed E-state index contributed by atoms with van der Waals surface area (Å²) in [6.45, 7) is 11.9. The van der Waals surface area contributed by atoms with Crippen molar-refractivity contribution in [1.29, 1.82) is 0 Å². The van der Waals surface area contributed by atoms with E-state index < -0.39 is 97.5 Å². The first kappa shape index (κ1) is 90.1. The van der Waals surface area contributed by atoms with Crippen molar-refractivity contribution < 1.29 is 80.2 Å². The van der Waals surface area contributed by atoms with Crippen molar-refractivity contribution in [3.63, 3.8) is 0 Å². The molecule has 3 N–H and O–H groups in total. The molecule has 0 fully saturated rings. The maximum Gasteiger partial charge on any atom is 0.472 e. The highest BCUT2D eigenvalue weighted by Crippen LogP contribution is 2.45. The third-order valence-electron chi connectivity index (χ3n) is 17.6. The van der Waals surface area contributed by atoms with E-state index in [9.17, 15) is 43.2 Å². The molecule has 7 atom stereocenters. The molecule has 0 aliphatic rings. The lowest BCUT2D eigenvalue weighted by Crippen LogP contribution is -2.30. The average molecular weight is 1350 g/mol. The van der Waals surface area contributed by atoms with Crippen molar-refractivity contribution in [2.24, 2.45) is 17.8 Å². The second-order valence-corrected chi connectivity index (χ2v) is 30.2. The van der Waals surface area contributed by atoms with Crippen molar-refractivity contribution in [2.75, 3.05) is 39.6 Å². The molecular weight excluding hydrogens is 1210 g/mol. The first-order valence-corrected chi connectivity index (χ1v) is 40.9.